The number of fused-ring (bicyclic) bond motifs is 1. The Hall–Kier alpha value is -2.77. The number of halogens is 2. The van der Waals surface area contributed by atoms with E-state index < -0.39 is 21.9 Å². The molecule has 0 atom stereocenters. The highest BCUT2D eigenvalue weighted by Gasteiger charge is 2.27. The molecule has 0 aliphatic carbocycles. The maximum absolute atomic E-state index is 14.8. The molecule has 1 N–H and O–H groups in total. The minimum Gasteiger partial charge on any atom is -0.370 e. The van der Waals surface area contributed by atoms with E-state index in [-0.39, 0.29) is 23.4 Å². The van der Waals surface area contributed by atoms with Crippen LogP contribution < -0.4 is 8.91 Å². The first-order chi connectivity index (χ1) is 12.4. The molecule has 0 aromatic heterocycles. The van der Waals surface area contributed by atoms with Gasteiger partial charge in [-0.2, -0.15) is 13.1 Å². The first-order valence-electron chi connectivity index (χ1n) is 7.80. The molecule has 3 aromatic carbocycles. The zero-order chi connectivity index (χ0) is 18.3. The van der Waals surface area contributed by atoms with Gasteiger partial charge in [-0.1, -0.05) is 42.5 Å². The Balaban J connectivity index is 1.85. The lowest BCUT2D eigenvalue weighted by atomic mass is 9.97. The summed E-state index contributed by atoms with van der Waals surface area (Å²) in [5.41, 5.74) is 1.93. The minimum absolute atomic E-state index is 0.0576. The fourth-order valence-electron chi connectivity index (χ4n) is 2.93. The molecule has 4 rings (SSSR count). The molecule has 0 spiro atoms. The predicted molar refractivity (Wildman–Crippen MR) is 93.6 cm³/mol. The Kier molecular flexibility index (Phi) is 3.97. The minimum atomic E-state index is -4.00. The molecule has 26 heavy (non-hydrogen) atoms. The summed E-state index contributed by atoms with van der Waals surface area (Å²) in [6.07, 6.45) is 0. The number of hydrogen-bond donors (Lipinski definition) is 1. The molecule has 1 heterocycles. The SMILES string of the molecule is O=S1(=O)NCc2cc(F)cc(-c3ccc(-c4ccccc4)cc3F)c2O1. The van der Waals surface area contributed by atoms with Gasteiger partial charge in [-0.25, -0.2) is 8.78 Å². The van der Waals surface area contributed by atoms with Gasteiger partial charge in [0.1, 0.15) is 11.6 Å². The molecule has 3 aromatic rings. The maximum Gasteiger partial charge on any atom is 0.382 e. The van der Waals surface area contributed by atoms with Crippen molar-refractivity contribution in [2.24, 2.45) is 0 Å². The van der Waals surface area contributed by atoms with E-state index in [1.165, 1.54) is 12.1 Å². The van der Waals surface area contributed by atoms with Crippen LogP contribution in [0.1, 0.15) is 5.56 Å². The molecule has 0 amide bonds. The van der Waals surface area contributed by atoms with Gasteiger partial charge in [0.05, 0.1) is 0 Å². The fraction of sp³-hybridized carbons (Fsp3) is 0.0526. The van der Waals surface area contributed by atoms with E-state index in [1.54, 1.807) is 6.07 Å². The van der Waals surface area contributed by atoms with Crippen LogP contribution in [0, 0.1) is 11.6 Å². The van der Waals surface area contributed by atoms with E-state index in [0.717, 1.165) is 17.7 Å². The van der Waals surface area contributed by atoms with E-state index in [1.807, 2.05) is 30.3 Å². The third-order valence-corrected chi connectivity index (χ3v) is 5.01. The number of hydrogen-bond acceptors (Lipinski definition) is 3. The highest BCUT2D eigenvalue weighted by molar-refractivity contribution is 7.85. The molecule has 1 aliphatic heterocycles. The van der Waals surface area contributed by atoms with Crippen LogP contribution in [0.15, 0.2) is 60.7 Å². The van der Waals surface area contributed by atoms with E-state index in [0.29, 0.717) is 11.1 Å². The second-order valence-electron chi connectivity index (χ2n) is 5.86. The quantitative estimate of drug-likeness (QED) is 0.738. The lowest BCUT2D eigenvalue weighted by molar-refractivity contribution is 0.452. The molecule has 0 bridgehead atoms. The molecule has 4 nitrogen and oxygen atoms in total. The van der Waals surface area contributed by atoms with Crippen LogP contribution in [-0.4, -0.2) is 8.42 Å². The third-order valence-electron chi connectivity index (χ3n) is 4.13. The fourth-order valence-corrected chi connectivity index (χ4v) is 3.74. The van der Waals surface area contributed by atoms with Gasteiger partial charge in [-0.05, 0) is 29.3 Å². The van der Waals surface area contributed by atoms with Gasteiger partial charge in [0.15, 0.2) is 5.75 Å². The summed E-state index contributed by atoms with van der Waals surface area (Å²) in [4.78, 5) is 0. The van der Waals surface area contributed by atoms with Crippen molar-refractivity contribution in [3.8, 4) is 28.0 Å². The van der Waals surface area contributed by atoms with Crippen molar-refractivity contribution >= 4 is 10.3 Å². The van der Waals surface area contributed by atoms with Crippen LogP contribution in [0.2, 0.25) is 0 Å². The van der Waals surface area contributed by atoms with Crippen LogP contribution in [0.3, 0.4) is 0 Å². The lowest BCUT2D eigenvalue weighted by Crippen LogP contribution is -2.32. The second-order valence-corrected chi connectivity index (χ2v) is 7.22. The van der Waals surface area contributed by atoms with Gasteiger partial charge in [0, 0.05) is 23.2 Å². The van der Waals surface area contributed by atoms with Crippen LogP contribution in [-0.2, 0) is 16.8 Å². The highest BCUT2D eigenvalue weighted by Crippen LogP contribution is 2.39. The van der Waals surface area contributed by atoms with Crippen LogP contribution in [0.4, 0.5) is 8.78 Å². The summed E-state index contributed by atoms with van der Waals surface area (Å²) in [6, 6.07) is 16.0. The number of benzene rings is 3. The molecule has 0 saturated heterocycles. The summed E-state index contributed by atoms with van der Waals surface area (Å²) >= 11 is 0. The largest absolute Gasteiger partial charge is 0.382 e. The molecular weight excluding hydrogens is 360 g/mol. The van der Waals surface area contributed by atoms with E-state index in [9.17, 15) is 17.2 Å². The molecule has 0 unspecified atom stereocenters. The Morgan fingerprint density at radius 3 is 2.38 bits per heavy atom. The standard InChI is InChI=1S/C19H13F2NO3S/c20-15-8-14-11-22-26(23,24)25-19(14)17(10-15)16-7-6-13(9-18(16)21)12-4-2-1-3-5-12/h1-10,22H,11H2. The molecule has 132 valence electrons. The van der Waals surface area contributed by atoms with Gasteiger partial charge in [-0.3, -0.25) is 0 Å². The van der Waals surface area contributed by atoms with E-state index >= 15 is 0 Å². The Bertz CT molecular complexity index is 1100. The van der Waals surface area contributed by atoms with Crippen molar-refractivity contribution in [2.75, 3.05) is 0 Å². The zero-order valence-electron chi connectivity index (χ0n) is 13.4. The topological polar surface area (TPSA) is 55.4 Å². The van der Waals surface area contributed by atoms with Gasteiger partial charge in [0.25, 0.3) is 0 Å². The van der Waals surface area contributed by atoms with Gasteiger partial charge in [0.2, 0.25) is 0 Å². The number of nitrogens with one attached hydrogen (secondary N) is 1. The normalized spacial score (nSPS) is 15.2. The van der Waals surface area contributed by atoms with Gasteiger partial charge >= 0.3 is 10.3 Å². The maximum atomic E-state index is 14.8. The average Bonchev–Trinajstić information content (AvgIpc) is 2.62. The van der Waals surface area contributed by atoms with Gasteiger partial charge in [-0.15, -0.1) is 0 Å². The van der Waals surface area contributed by atoms with Gasteiger partial charge < -0.3 is 4.18 Å². The van der Waals surface area contributed by atoms with E-state index in [4.69, 9.17) is 4.18 Å². The summed E-state index contributed by atoms with van der Waals surface area (Å²) in [5.74, 6) is -1.26. The Morgan fingerprint density at radius 2 is 1.65 bits per heavy atom. The van der Waals surface area contributed by atoms with Crippen molar-refractivity contribution in [2.45, 2.75) is 6.54 Å². The molecule has 0 fully saturated rings. The monoisotopic (exact) mass is 373 g/mol. The first-order valence-corrected chi connectivity index (χ1v) is 9.20. The smallest absolute Gasteiger partial charge is 0.370 e. The lowest BCUT2D eigenvalue weighted by Gasteiger charge is -2.21. The van der Waals surface area contributed by atoms with Crippen molar-refractivity contribution in [1.82, 2.24) is 4.72 Å². The highest BCUT2D eigenvalue weighted by atomic mass is 32.2. The summed E-state index contributed by atoms with van der Waals surface area (Å²) in [6.45, 7) is -0.119. The third kappa shape index (κ3) is 3.07. The summed E-state index contributed by atoms with van der Waals surface area (Å²) in [5, 5.41) is 0. The van der Waals surface area contributed by atoms with Crippen LogP contribution in [0.25, 0.3) is 22.3 Å². The summed E-state index contributed by atoms with van der Waals surface area (Å²) < 4.78 is 59.2. The van der Waals surface area contributed by atoms with Crippen molar-refractivity contribution in [1.29, 1.82) is 0 Å². The van der Waals surface area contributed by atoms with Crippen LogP contribution in [0.5, 0.6) is 5.75 Å². The number of rotatable bonds is 2. The van der Waals surface area contributed by atoms with Crippen molar-refractivity contribution in [3.63, 3.8) is 0 Å². The first kappa shape index (κ1) is 16.7. The molecule has 0 saturated carbocycles. The van der Waals surface area contributed by atoms with Crippen molar-refractivity contribution < 1.29 is 21.4 Å². The predicted octanol–water partition coefficient (Wildman–Crippen LogP) is 4.03. The zero-order valence-corrected chi connectivity index (χ0v) is 14.2. The molecule has 7 heteroatoms. The molecule has 1 aliphatic rings. The average molecular weight is 373 g/mol. The molecular formula is C19H13F2NO3S. The Labute approximate surface area is 149 Å². The Morgan fingerprint density at radius 1 is 0.885 bits per heavy atom. The molecule has 0 radical (unpaired) electrons. The summed E-state index contributed by atoms with van der Waals surface area (Å²) in [7, 11) is -4.00. The second kappa shape index (κ2) is 6.19. The van der Waals surface area contributed by atoms with Crippen molar-refractivity contribution in [3.05, 3.63) is 77.9 Å². The van der Waals surface area contributed by atoms with Crippen LogP contribution >= 0.6 is 0 Å². The van der Waals surface area contributed by atoms with E-state index in [2.05, 4.69) is 4.72 Å².